The fourth-order valence-electron chi connectivity index (χ4n) is 2.84. The van der Waals surface area contributed by atoms with Crippen molar-refractivity contribution in [2.45, 2.75) is 44.0 Å². The number of fused-ring (bicyclic) bond motifs is 1. The summed E-state index contributed by atoms with van der Waals surface area (Å²) in [6.45, 7) is 3.71. The van der Waals surface area contributed by atoms with Gasteiger partial charge in [-0.3, -0.25) is 9.59 Å². The van der Waals surface area contributed by atoms with Crippen molar-refractivity contribution in [1.29, 1.82) is 0 Å². The molecule has 106 valence electrons. The average Bonchev–Trinajstić information content (AvgIpc) is 2.66. The molecule has 0 aromatic heterocycles. The Morgan fingerprint density at radius 2 is 2.00 bits per heavy atom. The number of rotatable bonds is 1. The minimum Gasteiger partial charge on any atom is -0.373 e. The number of carbonyl (C=O) groups is 2. The molecule has 0 bridgehead atoms. The van der Waals surface area contributed by atoms with Crippen LogP contribution in [-0.2, 0) is 19.9 Å². The molecule has 3 rings (SSSR count). The van der Waals surface area contributed by atoms with Crippen molar-refractivity contribution in [3.63, 3.8) is 0 Å². The summed E-state index contributed by atoms with van der Waals surface area (Å²) in [7, 11) is 0. The predicted molar refractivity (Wildman–Crippen MR) is 72.2 cm³/mol. The zero-order valence-corrected chi connectivity index (χ0v) is 11.5. The van der Waals surface area contributed by atoms with Gasteiger partial charge in [0, 0.05) is 17.7 Å². The number of aliphatic hydroxyl groups is 1. The van der Waals surface area contributed by atoms with Gasteiger partial charge in [0.1, 0.15) is 0 Å². The fourth-order valence-corrected chi connectivity index (χ4v) is 2.84. The molecule has 20 heavy (non-hydrogen) atoms. The molecule has 1 aromatic carbocycles. The van der Waals surface area contributed by atoms with Crippen molar-refractivity contribution in [2.75, 3.05) is 5.32 Å². The van der Waals surface area contributed by atoms with Crippen LogP contribution in [0, 0.1) is 0 Å². The van der Waals surface area contributed by atoms with Gasteiger partial charge in [-0.25, -0.2) is 0 Å². The Morgan fingerprint density at radius 1 is 1.30 bits per heavy atom. The first-order chi connectivity index (χ1) is 9.34. The van der Waals surface area contributed by atoms with E-state index < -0.39 is 23.2 Å². The third kappa shape index (κ3) is 1.77. The molecule has 0 unspecified atom stereocenters. The SMILES string of the molecule is CC1(C)CCC(=O)[C@@H]([C@@]2(O)C(=O)Nc3ccccc32)O1. The maximum Gasteiger partial charge on any atom is 0.264 e. The van der Waals surface area contributed by atoms with Crippen LogP contribution in [0.3, 0.4) is 0 Å². The number of Topliss-reactive ketones (excluding diaryl/α,β-unsaturated/α-hetero) is 1. The van der Waals surface area contributed by atoms with Crippen molar-refractivity contribution in [3.05, 3.63) is 29.8 Å². The molecule has 0 saturated carbocycles. The first-order valence-electron chi connectivity index (χ1n) is 6.68. The molecule has 5 heteroatoms. The zero-order valence-electron chi connectivity index (χ0n) is 11.5. The molecule has 1 aromatic rings. The molecule has 0 aliphatic carbocycles. The second kappa shape index (κ2) is 4.14. The van der Waals surface area contributed by atoms with Gasteiger partial charge in [-0.1, -0.05) is 18.2 Å². The normalized spacial score (nSPS) is 31.9. The maximum absolute atomic E-state index is 12.2. The van der Waals surface area contributed by atoms with Gasteiger partial charge in [0.2, 0.25) is 5.60 Å². The summed E-state index contributed by atoms with van der Waals surface area (Å²) in [5, 5.41) is 13.5. The number of hydrogen-bond acceptors (Lipinski definition) is 4. The minimum atomic E-state index is -1.94. The largest absolute Gasteiger partial charge is 0.373 e. The Morgan fingerprint density at radius 3 is 2.75 bits per heavy atom. The summed E-state index contributed by atoms with van der Waals surface area (Å²) in [5.74, 6) is -0.839. The van der Waals surface area contributed by atoms with E-state index in [4.69, 9.17) is 4.74 Å². The van der Waals surface area contributed by atoms with Crippen LogP contribution < -0.4 is 5.32 Å². The van der Waals surface area contributed by atoms with E-state index in [-0.39, 0.29) is 5.78 Å². The van der Waals surface area contributed by atoms with Crippen molar-refractivity contribution in [2.24, 2.45) is 0 Å². The summed E-state index contributed by atoms with van der Waals surface area (Å²) in [4.78, 5) is 24.4. The van der Waals surface area contributed by atoms with Crippen molar-refractivity contribution in [3.8, 4) is 0 Å². The van der Waals surface area contributed by atoms with Crippen LogP contribution in [0.1, 0.15) is 32.3 Å². The summed E-state index contributed by atoms with van der Waals surface area (Å²) < 4.78 is 5.74. The number of hydrogen-bond donors (Lipinski definition) is 2. The average molecular weight is 275 g/mol. The molecule has 1 saturated heterocycles. The second-order valence-electron chi connectivity index (χ2n) is 5.99. The fraction of sp³-hybridized carbons (Fsp3) is 0.467. The third-order valence-electron chi connectivity index (χ3n) is 4.01. The minimum absolute atomic E-state index is 0.237. The summed E-state index contributed by atoms with van der Waals surface area (Å²) in [6.07, 6.45) is -0.271. The number of anilines is 1. The van der Waals surface area contributed by atoms with Crippen molar-refractivity contribution < 1.29 is 19.4 Å². The molecule has 0 spiro atoms. The number of benzene rings is 1. The molecule has 2 atom stereocenters. The van der Waals surface area contributed by atoms with Gasteiger partial charge >= 0.3 is 0 Å². The van der Waals surface area contributed by atoms with Crippen molar-refractivity contribution in [1.82, 2.24) is 0 Å². The van der Waals surface area contributed by atoms with E-state index in [0.717, 1.165) is 0 Å². The van der Waals surface area contributed by atoms with Gasteiger partial charge in [-0.2, -0.15) is 0 Å². The summed E-state index contributed by atoms with van der Waals surface area (Å²) >= 11 is 0. The lowest BCUT2D eigenvalue weighted by Gasteiger charge is -2.40. The van der Waals surface area contributed by atoms with E-state index in [1.165, 1.54) is 0 Å². The standard InChI is InChI=1S/C15H17NO4/c1-14(2)8-7-11(17)12(20-14)15(19)9-5-3-4-6-10(9)16-13(15)18/h3-6,12,19H,7-8H2,1-2H3,(H,16,18)/t12-,15+/m0/s1. The van der Waals surface area contributed by atoms with Crippen molar-refractivity contribution >= 4 is 17.4 Å². The third-order valence-corrected chi connectivity index (χ3v) is 4.01. The molecule has 5 nitrogen and oxygen atoms in total. The van der Waals surface area contributed by atoms with Gasteiger partial charge in [0.05, 0.1) is 5.60 Å². The quantitative estimate of drug-likeness (QED) is 0.811. The van der Waals surface area contributed by atoms with E-state index in [2.05, 4.69) is 5.32 Å². The molecule has 2 heterocycles. The van der Waals surface area contributed by atoms with Crippen LogP contribution in [0.2, 0.25) is 0 Å². The van der Waals surface area contributed by atoms with Crippen LogP contribution in [0.4, 0.5) is 5.69 Å². The number of carbonyl (C=O) groups excluding carboxylic acids is 2. The highest BCUT2D eigenvalue weighted by molar-refractivity contribution is 6.08. The molecule has 1 amide bonds. The van der Waals surface area contributed by atoms with Crippen LogP contribution in [0.25, 0.3) is 0 Å². The lowest BCUT2D eigenvalue weighted by Crippen LogP contribution is -2.56. The molecule has 2 aliphatic heterocycles. The number of ether oxygens (including phenoxy) is 1. The topological polar surface area (TPSA) is 75.6 Å². The van der Waals surface area contributed by atoms with Gasteiger partial charge in [0.25, 0.3) is 5.91 Å². The Bertz CT molecular complexity index is 595. The van der Waals surface area contributed by atoms with Gasteiger partial charge in [0.15, 0.2) is 11.9 Å². The highest BCUT2D eigenvalue weighted by atomic mass is 16.5. The molecule has 1 fully saturated rings. The molecule has 2 aliphatic rings. The van der Waals surface area contributed by atoms with Crippen LogP contribution in [0.15, 0.2) is 24.3 Å². The van der Waals surface area contributed by atoms with E-state index in [1.807, 2.05) is 13.8 Å². The molecule has 2 N–H and O–H groups in total. The highest BCUT2D eigenvalue weighted by Gasteiger charge is 2.57. The first kappa shape index (κ1) is 13.3. The summed E-state index contributed by atoms with van der Waals surface area (Å²) in [6, 6.07) is 6.83. The Labute approximate surface area is 116 Å². The van der Waals surface area contributed by atoms with Crippen LogP contribution in [-0.4, -0.2) is 28.5 Å². The van der Waals surface area contributed by atoms with E-state index in [9.17, 15) is 14.7 Å². The Kier molecular flexibility index (Phi) is 2.74. The smallest absolute Gasteiger partial charge is 0.264 e. The van der Waals surface area contributed by atoms with E-state index in [0.29, 0.717) is 24.1 Å². The maximum atomic E-state index is 12.2. The van der Waals surface area contributed by atoms with Crippen LogP contribution in [0.5, 0.6) is 0 Å². The zero-order chi connectivity index (χ0) is 14.5. The summed E-state index contributed by atoms with van der Waals surface area (Å²) in [5.41, 5.74) is -1.54. The number of para-hydroxylation sites is 1. The predicted octanol–water partition coefficient (Wildman–Crippen LogP) is 1.35. The molecular weight excluding hydrogens is 258 g/mol. The number of nitrogens with one attached hydrogen (secondary N) is 1. The second-order valence-corrected chi connectivity index (χ2v) is 5.99. The monoisotopic (exact) mass is 275 g/mol. The lowest BCUT2D eigenvalue weighted by atomic mass is 9.82. The van der Waals surface area contributed by atoms with Crippen LogP contribution >= 0.6 is 0 Å². The Balaban J connectivity index is 2.07. The Hall–Kier alpha value is -1.72. The van der Waals surface area contributed by atoms with Gasteiger partial charge in [-0.05, 0) is 26.3 Å². The molecular formula is C15H17NO4. The van der Waals surface area contributed by atoms with Gasteiger partial charge < -0.3 is 15.2 Å². The molecule has 0 radical (unpaired) electrons. The lowest BCUT2D eigenvalue weighted by molar-refractivity contribution is -0.194. The first-order valence-corrected chi connectivity index (χ1v) is 6.68. The van der Waals surface area contributed by atoms with Gasteiger partial charge in [-0.15, -0.1) is 0 Å². The number of ketones is 1. The van der Waals surface area contributed by atoms with E-state index >= 15 is 0 Å². The highest BCUT2D eigenvalue weighted by Crippen LogP contribution is 2.43. The van der Waals surface area contributed by atoms with E-state index in [1.54, 1.807) is 24.3 Å². The number of amides is 1.